The quantitative estimate of drug-likeness (QED) is 0.343. The number of rotatable bonds is 10. The fraction of sp³-hybridized carbons (Fsp3) is 0.185. The van der Waals surface area contributed by atoms with Crippen molar-refractivity contribution >= 4 is 10.0 Å². The summed E-state index contributed by atoms with van der Waals surface area (Å²) in [5, 5.41) is -0.0172. The highest BCUT2D eigenvalue weighted by molar-refractivity contribution is 7.89. The third-order valence-corrected chi connectivity index (χ3v) is 6.68. The van der Waals surface area contributed by atoms with Crippen LogP contribution in [0.25, 0.3) is 11.1 Å². The minimum Gasteiger partial charge on any atom is -0.494 e. The van der Waals surface area contributed by atoms with Crippen molar-refractivity contribution < 1.29 is 13.2 Å². The minimum absolute atomic E-state index is 0.0172. The molecule has 2 aromatic carbocycles. The highest BCUT2D eigenvalue weighted by Gasteiger charge is 2.23. The Morgan fingerprint density at radius 2 is 1.62 bits per heavy atom. The van der Waals surface area contributed by atoms with Crippen LogP contribution in [0.3, 0.4) is 0 Å². The molecule has 7 heteroatoms. The van der Waals surface area contributed by atoms with Crippen LogP contribution in [0.4, 0.5) is 0 Å². The number of aromatic nitrogens is 2. The Kier molecular flexibility index (Phi) is 7.67. The molecular weight excluding hydrogens is 446 g/mol. The molecule has 0 saturated heterocycles. The summed E-state index contributed by atoms with van der Waals surface area (Å²) in [4.78, 5) is 8.39. The number of hydrogen-bond acceptors (Lipinski definition) is 5. The van der Waals surface area contributed by atoms with E-state index < -0.39 is 16.1 Å². The standard InChI is InChI=1S/C27H27N3O3S/c1-2-18-33-24-9-7-8-23(20-24)22-14-12-21(13-15-22)19-26(25-10-3-5-16-28-25)30-34(31,32)27-11-4-6-17-29-27/h3-17,20,26,30H,2,18-19H2,1H3. The van der Waals surface area contributed by atoms with Crippen LogP contribution in [0.2, 0.25) is 0 Å². The maximum absolute atomic E-state index is 12.9. The Morgan fingerprint density at radius 1 is 0.853 bits per heavy atom. The molecule has 0 saturated carbocycles. The van der Waals surface area contributed by atoms with Gasteiger partial charge in [0.2, 0.25) is 0 Å². The van der Waals surface area contributed by atoms with Crippen molar-refractivity contribution in [2.75, 3.05) is 6.61 Å². The highest BCUT2D eigenvalue weighted by Crippen LogP contribution is 2.26. The molecule has 2 heterocycles. The first-order valence-electron chi connectivity index (χ1n) is 11.2. The second kappa shape index (κ2) is 11.0. The number of hydrogen-bond donors (Lipinski definition) is 1. The van der Waals surface area contributed by atoms with Gasteiger partial charge in [-0.2, -0.15) is 0 Å². The molecule has 34 heavy (non-hydrogen) atoms. The second-order valence-electron chi connectivity index (χ2n) is 7.87. The Bertz CT molecular complexity index is 1300. The van der Waals surface area contributed by atoms with Gasteiger partial charge < -0.3 is 4.74 Å². The van der Waals surface area contributed by atoms with E-state index in [0.717, 1.165) is 28.9 Å². The first-order chi connectivity index (χ1) is 16.5. The molecule has 0 amide bonds. The molecule has 4 aromatic rings. The molecule has 6 nitrogen and oxygen atoms in total. The van der Waals surface area contributed by atoms with Crippen LogP contribution in [0, 0.1) is 0 Å². The summed E-state index contributed by atoms with van der Waals surface area (Å²) in [5.74, 6) is 0.850. The van der Waals surface area contributed by atoms with Gasteiger partial charge in [0.1, 0.15) is 5.75 Å². The van der Waals surface area contributed by atoms with Crippen molar-refractivity contribution in [3.63, 3.8) is 0 Å². The first kappa shape index (κ1) is 23.6. The zero-order chi connectivity index (χ0) is 23.8. The first-order valence-corrected chi connectivity index (χ1v) is 12.7. The van der Waals surface area contributed by atoms with Gasteiger partial charge in [0.25, 0.3) is 10.0 Å². The monoisotopic (exact) mass is 473 g/mol. The zero-order valence-corrected chi connectivity index (χ0v) is 19.8. The molecule has 0 aliphatic carbocycles. The second-order valence-corrected chi connectivity index (χ2v) is 9.53. The van der Waals surface area contributed by atoms with Crippen LogP contribution >= 0.6 is 0 Å². The average molecular weight is 474 g/mol. The lowest BCUT2D eigenvalue weighted by molar-refractivity contribution is 0.317. The lowest BCUT2D eigenvalue weighted by Gasteiger charge is -2.18. The number of ether oxygens (including phenoxy) is 1. The third-order valence-electron chi connectivity index (χ3n) is 5.29. The number of nitrogens with zero attached hydrogens (tertiary/aromatic N) is 2. The molecule has 1 unspecified atom stereocenters. The van der Waals surface area contributed by atoms with Gasteiger partial charge in [0, 0.05) is 12.4 Å². The summed E-state index contributed by atoms with van der Waals surface area (Å²) in [5.41, 5.74) is 3.76. The molecule has 0 aliphatic heterocycles. The van der Waals surface area contributed by atoms with Gasteiger partial charge in [-0.05, 0) is 65.9 Å². The summed E-state index contributed by atoms with van der Waals surface area (Å²) in [6.45, 7) is 2.77. The maximum atomic E-state index is 12.9. The molecule has 0 fully saturated rings. The summed E-state index contributed by atoms with van der Waals surface area (Å²) < 4.78 is 34.4. The predicted molar refractivity (Wildman–Crippen MR) is 133 cm³/mol. The van der Waals surface area contributed by atoms with E-state index in [9.17, 15) is 8.42 Å². The maximum Gasteiger partial charge on any atom is 0.258 e. The van der Waals surface area contributed by atoms with E-state index in [4.69, 9.17) is 4.74 Å². The number of benzene rings is 2. The van der Waals surface area contributed by atoms with Crippen molar-refractivity contribution in [3.8, 4) is 16.9 Å². The van der Waals surface area contributed by atoms with Crippen molar-refractivity contribution in [1.29, 1.82) is 0 Å². The van der Waals surface area contributed by atoms with Gasteiger partial charge >= 0.3 is 0 Å². The van der Waals surface area contributed by atoms with Crippen LogP contribution in [0.5, 0.6) is 5.75 Å². The minimum atomic E-state index is -3.81. The normalized spacial score (nSPS) is 12.3. The van der Waals surface area contributed by atoms with E-state index in [1.807, 2.05) is 60.7 Å². The SMILES string of the molecule is CCCOc1cccc(-c2ccc(CC(NS(=O)(=O)c3ccccn3)c3ccccn3)cc2)c1. The third kappa shape index (κ3) is 6.07. The average Bonchev–Trinajstić information content (AvgIpc) is 2.88. The van der Waals surface area contributed by atoms with E-state index in [1.54, 1.807) is 24.4 Å². The lowest BCUT2D eigenvalue weighted by Crippen LogP contribution is -2.31. The summed E-state index contributed by atoms with van der Waals surface area (Å²) in [7, 11) is -3.81. The molecule has 1 N–H and O–H groups in total. The molecular formula is C27H27N3O3S. The lowest BCUT2D eigenvalue weighted by atomic mass is 9.99. The number of pyridine rings is 2. The van der Waals surface area contributed by atoms with Gasteiger partial charge in [-0.1, -0.05) is 55.5 Å². The van der Waals surface area contributed by atoms with E-state index in [1.165, 1.54) is 12.3 Å². The van der Waals surface area contributed by atoms with Crippen molar-refractivity contribution in [2.24, 2.45) is 0 Å². The van der Waals surface area contributed by atoms with E-state index in [0.29, 0.717) is 18.7 Å². The Morgan fingerprint density at radius 3 is 2.29 bits per heavy atom. The largest absolute Gasteiger partial charge is 0.494 e. The Labute approximate surface area is 200 Å². The van der Waals surface area contributed by atoms with Crippen molar-refractivity contribution in [1.82, 2.24) is 14.7 Å². The predicted octanol–water partition coefficient (Wildman–Crippen LogP) is 5.19. The van der Waals surface area contributed by atoms with Gasteiger partial charge in [0.05, 0.1) is 18.3 Å². The van der Waals surface area contributed by atoms with Gasteiger partial charge in [-0.3, -0.25) is 4.98 Å². The van der Waals surface area contributed by atoms with Crippen LogP contribution in [0.1, 0.15) is 30.6 Å². The Balaban J connectivity index is 1.55. The molecule has 2 aromatic heterocycles. The fourth-order valence-electron chi connectivity index (χ4n) is 3.60. The van der Waals surface area contributed by atoms with Gasteiger partial charge in [-0.25, -0.2) is 18.1 Å². The number of sulfonamides is 1. The molecule has 0 bridgehead atoms. The molecule has 1 atom stereocenters. The molecule has 0 radical (unpaired) electrons. The van der Waals surface area contributed by atoms with Crippen LogP contribution in [-0.2, 0) is 16.4 Å². The van der Waals surface area contributed by atoms with Crippen LogP contribution < -0.4 is 9.46 Å². The van der Waals surface area contributed by atoms with Crippen molar-refractivity contribution in [3.05, 3.63) is 109 Å². The van der Waals surface area contributed by atoms with E-state index in [2.05, 4.69) is 21.6 Å². The van der Waals surface area contributed by atoms with Gasteiger partial charge in [0.15, 0.2) is 5.03 Å². The van der Waals surface area contributed by atoms with E-state index in [-0.39, 0.29) is 5.03 Å². The summed E-state index contributed by atoms with van der Waals surface area (Å²) in [6.07, 6.45) is 4.53. The fourth-order valence-corrected chi connectivity index (χ4v) is 4.75. The molecule has 0 aliphatic rings. The Hall–Kier alpha value is -3.55. The topological polar surface area (TPSA) is 81.2 Å². The molecule has 4 rings (SSSR count). The summed E-state index contributed by atoms with van der Waals surface area (Å²) in [6, 6.07) is 25.9. The van der Waals surface area contributed by atoms with Crippen LogP contribution in [0.15, 0.2) is 102 Å². The smallest absolute Gasteiger partial charge is 0.258 e. The summed E-state index contributed by atoms with van der Waals surface area (Å²) >= 11 is 0. The number of nitrogens with one attached hydrogen (secondary N) is 1. The molecule has 174 valence electrons. The highest BCUT2D eigenvalue weighted by atomic mass is 32.2. The molecule has 0 spiro atoms. The van der Waals surface area contributed by atoms with Crippen LogP contribution in [-0.4, -0.2) is 25.0 Å². The van der Waals surface area contributed by atoms with E-state index >= 15 is 0 Å². The zero-order valence-electron chi connectivity index (χ0n) is 19.0. The van der Waals surface area contributed by atoms with Gasteiger partial charge in [-0.15, -0.1) is 0 Å². The van der Waals surface area contributed by atoms with Crippen molar-refractivity contribution in [2.45, 2.75) is 30.8 Å².